The highest BCUT2D eigenvalue weighted by molar-refractivity contribution is 7.89. The summed E-state index contributed by atoms with van der Waals surface area (Å²) < 4.78 is 58.6. The fraction of sp³-hybridized carbons (Fsp3) is 0.533. The summed E-state index contributed by atoms with van der Waals surface area (Å²) in [4.78, 5) is 12.8. The molecule has 0 radical (unpaired) electrons. The molecule has 1 fully saturated rings. The molecule has 6 nitrogen and oxygen atoms in total. The van der Waals surface area contributed by atoms with Crippen molar-refractivity contribution in [1.29, 1.82) is 0 Å². The van der Waals surface area contributed by atoms with Crippen LogP contribution in [0.15, 0.2) is 23.1 Å². The molecule has 1 amide bonds. The van der Waals surface area contributed by atoms with Crippen LogP contribution in [0.1, 0.15) is 13.3 Å². The van der Waals surface area contributed by atoms with Crippen LogP contribution in [0.2, 0.25) is 0 Å². The molecule has 1 atom stereocenters. The van der Waals surface area contributed by atoms with Crippen LogP contribution in [0.3, 0.4) is 0 Å². The Labute approximate surface area is 140 Å². The summed E-state index contributed by atoms with van der Waals surface area (Å²) in [6.07, 6.45) is -0.0638. The zero-order valence-electron chi connectivity index (χ0n) is 13.5. The lowest BCUT2D eigenvalue weighted by atomic mass is 10.2. The van der Waals surface area contributed by atoms with Crippen LogP contribution in [-0.4, -0.2) is 62.9 Å². The Kier molecular flexibility index (Phi) is 5.89. The van der Waals surface area contributed by atoms with Gasteiger partial charge in [-0.25, -0.2) is 17.2 Å². The van der Waals surface area contributed by atoms with Crippen molar-refractivity contribution in [2.75, 3.05) is 33.3 Å². The minimum absolute atomic E-state index is 0.0258. The van der Waals surface area contributed by atoms with Crippen LogP contribution in [-0.2, 0) is 19.6 Å². The van der Waals surface area contributed by atoms with E-state index in [0.717, 1.165) is 22.5 Å². The van der Waals surface area contributed by atoms with Crippen LogP contribution in [0, 0.1) is 11.6 Å². The number of nitrogens with zero attached hydrogens (tertiary/aromatic N) is 2. The highest BCUT2D eigenvalue weighted by Crippen LogP contribution is 2.23. The van der Waals surface area contributed by atoms with Crippen LogP contribution >= 0.6 is 0 Å². The minimum atomic E-state index is -4.29. The smallest absolute Gasteiger partial charge is 0.251 e. The minimum Gasteiger partial charge on any atom is -0.372 e. The molecule has 1 aromatic carbocycles. The van der Waals surface area contributed by atoms with Crippen molar-refractivity contribution in [3.63, 3.8) is 0 Å². The molecule has 1 aromatic rings. The number of piperazine rings is 1. The van der Waals surface area contributed by atoms with E-state index in [2.05, 4.69) is 0 Å². The Morgan fingerprint density at radius 2 is 1.75 bits per heavy atom. The number of hydrogen-bond donors (Lipinski definition) is 0. The monoisotopic (exact) mass is 362 g/mol. The standard InChI is InChI=1S/C15H20F2N2O4S/c1-3-13(23-2)15(20)18-7-9-19(10-8-18)24(21,22)14-11(16)5-4-6-12(14)17/h4-6,13H,3,7-10H2,1-2H3. The van der Waals surface area contributed by atoms with E-state index >= 15 is 0 Å². The lowest BCUT2D eigenvalue weighted by Crippen LogP contribution is -2.53. The van der Waals surface area contributed by atoms with Gasteiger partial charge in [0.1, 0.15) is 17.7 Å². The summed E-state index contributed by atoms with van der Waals surface area (Å²) >= 11 is 0. The highest BCUT2D eigenvalue weighted by Gasteiger charge is 2.35. The number of sulfonamides is 1. The molecule has 1 aliphatic rings. The molecular formula is C15H20F2N2O4S. The van der Waals surface area contributed by atoms with Gasteiger partial charge in [-0.2, -0.15) is 4.31 Å². The fourth-order valence-electron chi connectivity index (χ4n) is 2.65. The van der Waals surface area contributed by atoms with Crippen LogP contribution in [0.5, 0.6) is 0 Å². The number of methoxy groups -OCH3 is 1. The molecule has 0 spiro atoms. The molecule has 1 aliphatic heterocycles. The second-order valence-electron chi connectivity index (χ2n) is 5.41. The molecule has 0 saturated carbocycles. The van der Waals surface area contributed by atoms with Gasteiger partial charge in [-0.15, -0.1) is 0 Å². The summed E-state index contributed by atoms with van der Waals surface area (Å²) in [5, 5.41) is 0. The lowest BCUT2D eigenvalue weighted by Gasteiger charge is -2.35. The molecule has 1 saturated heterocycles. The average molecular weight is 362 g/mol. The van der Waals surface area contributed by atoms with Gasteiger partial charge in [0.15, 0.2) is 4.90 Å². The lowest BCUT2D eigenvalue weighted by molar-refractivity contribution is -0.143. The number of carbonyl (C=O) groups is 1. The van der Waals surface area contributed by atoms with Gasteiger partial charge < -0.3 is 9.64 Å². The van der Waals surface area contributed by atoms with Gasteiger partial charge in [-0.05, 0) is 18.6 Å². The van der Waals surface area contributed by atoms with Crippen molar-refractivity contribution in [3.8, 4) is 0 Å². The summed E-state index contributed by atoms with van der Waals surface area (Å²) in [6, 6.07) is 2.91. The zero-order chi connectivity index (χ0) is 17.9. The SMILES string of the molecule is CCC(OC)C(=O)N1CCN(S(=O)(=O)c2c(F)cccc2F)CC1. The van der Waals surface area contributed by atoms with Gasteiger partial charge in [-0.3, -0.25) is 4.79 Å². The predicted octanol–water partition coefficient (Wildman–Crippen LogP) is 1.22. The van der Waals surface area contributed by atoms with E-state index in [1.54, 1.807) is 0 Å². The Balaban J connectivity index is 2.13. The van der Waals surface area contributed by atoms with Crippen LogP contribution < -0.4 is 0 Å². The molecule has 134 valence electrons. The van der Waals surface area contributed by atoms with Crippen LogP contribution in [0.25, 0.3) is 0 Å². The molecular weight excluding hydrogens is 342 g/mol. The largest absolute Gasteiger partial charge is 0.372 e. The molecule has 1 heterocycles. The summed E-state index contributed by atoms with van der Waals surface area (Å²) in [7, 11) is -2.85. The first-order valence-corrected chi connectivity index (χ1v) is 9.02. The van der Waals surface area contributed by atoms with Crippen molar-refractivity contribution < 1.29 is 26.7 Å². The maximum absolute atomic E-state index is 13.8. The van der Waals surface area contributed by atoms with E-state index in [4.69, 9.17) is 4.74 Å². The van der Waals surface area contributed by atoms with Gasteiger partial charge in [-0.1, -0.05) is 13.0 Å². The molecule has 9 heteroatoms. The normalized spacial score (nSPS) is 17.8. The van der Waals surface area contributed by atoms with Gasteiger partial charge in [0.25, 0.3) is 5.91 Å². The average Bonchev–Trinajstić information content (AvgIpc) is 2.55. The molecule has 0 bridgehead atoms. The Bertz CT molecular complexity index is 679. The quantitative estimate of drug-likeness (QED) is 0.790. The van der Waals surface area contributed by atoms with E-state index in [-0.39, 0.29) is 32.1 Å². The summed E-state index contributed by atoms with van der Waals surface area (Å²) in [5.41, 5.74) is 0. The molecule has 2 rings (SSSR count). The van der Waals surface area contributed by atoms with Gasteiger partial charge in [0, 0.05) is 33.3 Å². The zero-order valence-corrected chi connectivity index (χ0v) is 14.4. The van der Waals surface area contributed by atoms with Crippen molar-refractivity contribution in [2.24, 2.45) is 0 Å². The maximum Gasteiger partial charge on any atom is 0.251 e. The third-order valence-electron chi connectivity index (χ3n) is 4.00. The third kappa shape index (κ3) is 3.57. The predicted molar refractivity (Wildman–Crippen MR) is 82.8 cm³/mol. The molecule has 0 aromatic heterocycles. The number of ether oxygens (including phenoxy) is 1. The number of carbonyl (C=O) groups excluding carboxylic acids is 1. The van der Waals surface area contributed by atoms with Crippen molar-refractivity contribution in [2.45, 2.75) is 24.3 Å². The van der Waals surface area contributed by atoms with Crippen molar-refractivity contribution in [3.05, 3.63) is 29.8 Å². The summed E-state index contributed by atoms with van der Waals surface area (Å²) in [5.74, 6) is -2.47. The summed E-state index contributed by atoms with van der Waals surface area (Å²) in [6.45, 7) is 2.06. The van der Waals surface area contributed by atoms with Gasteiger partial charge >= 0.3 is 0 Å². The fourth-order valence-corrected chi connectivity index (χ4v) is 4.18. The highest BCUT2D eigenvalue weighted by atomic mass is 32.2. The van der Waals surface area contributed by atoms with E-state index in [1.807, 2.05) is 6.92 Å². The number of benzene rings is 1. The number of halogens is 2. The number of rotatable bonds is 5. The Morgan fingerprint density at radius 3 is 2.21 bits per heavy atom. The van der Waals surface area contributed by atoms with E-state index in [0.29, 0.717) is 6.42 Å². The van der Waals surface area contributed by atoms with Gasteiger partial charge in [0.2, 0.25) is 10.0 Å². The first-order valence-electron chi connectivity index (χ1n) is 7.58. The Morgan fingerprint density at radius 1 is 1.21 bits per heavy atom. The number of hydrogen-bond acceptors (Lipinski definition) is 4. The van der Waals surface area contributed by atoms with Gasteiger partial charge in [0.05, 0.1) is 0 Å². The van der Waals surface area contributed by atoms with Crippen LogP contribution in [0.4, 0.5) is 8.78 Å². The second kappa shape index (κ2) is 7.54. The van der Waals surface area contributed by atoms with Crippen molar-refractivity contribution in [1.82, 2.24) is 9.21 Å². The molecule has 0 N–H and O–H groups in total. The Hall–Kier alpha value is -1.58. The maximum atomic E-state index is 13.8. The van der Waals surface area contributed by atoms with E-state index in [1.165, 1.54) is 12.0 Å². The molecule has 0 aliphatic carbocycles. The van der Waals surface area contributed by atoms with Crippen molar-refractivity contribution >= 4 is 15.9 Å². The first-order chi connectivity index (χ1) is 11.3. The van der Waals surface area contributed by atoms with E-state index in [9.17, 15) is 22.0 Å². The topological polar surface area (TPSA) is 66.9 Å². The molecule has 24 heavy (non-hydrogen) atoms. The molecule has 1 unspecified atom stereocenters. The second-order valence-corrected chi connectivity index (χ2v) is 7.29. The first kappa shape index (κ1) is 18.8. The third-order valence-corrected chi connectivity index (χ3v) is 5.95. The van der Waals surface area contributed by atoms with E-state index < -0.39 is 32.7 Å². The number of amides is 1.